The second-order valence-corrected chi connectivity index (χ2v) is 8.46. The van der Waals surface area contributed by atoms with Gasteiger partial charge in [0.2, 0.25) is 0 Å². The number of hydrogen-bond acceptors (Lipinski definition) is 6. The van der Waals surface area contributed by atoms with E-state index < -0.39 is 101 Å². The van der Waals surface area contributed by atoms with E-state index >= 15 is 0 Å². The van der Waals surface area contributed by atoms with Crippen LogP contribution >= 0.6 is 0 Å². The average Bonchev–Trinajstić information content (AvgIpc) is 2.86. The van der Waals surface area contributed by atoms with Crippen molar-refractivity contribution < 1.29 is 57.0 Å². The lowest BCUT2D eigenvalue weighted by Crippen LogP contribution is -2.66. The normalized spacial score (nSPS) is 18.0. The summed E-state index contributed by atoms with van der Waals surface area (Å²) in [5.41, 5.74) is -8.50. The number of aliphatic hydroxyl groups is 6. The first kappa shape index (κ1) is 29.7. The molecule has 0 amide bonds. The van der Waals surface area contributed by atoms with Crippen LogP contribution in [0.15, 0.2) is 36.4 Å². The Bertz CT molecular complexity index is 1100. The smallest absolute Gasteiger partial charge is 0.165 e. The molecule has 0 spiro atoms. The van der Waals surface area contributed by atoms with Crippen LogP contribution in [0, 0.1) is 34.9 Å². The Morgan fingerprint density at radius 2 is 1.22 bits per heavy atom. The summed E-state index contributed by atoms with van der Waals surface area (Å²) < 4.78 is 85.0. The summed E-state index contributed by atoms with van der Waals surface area (Å²) in [5.74, 6) is -9.43. The van der Waals surface area contributed by atoms with E-state index in [1.54, 1.807) is 0 Å². The van der Waals surface area contributed by atoms with E-state index in [9.17, 15) is 57.0 Å². The van der Waals surface area contributed by atoms with Crippen molar-refractivity contribution in [2.75, 3.05) is 6.61 Å². The minimum atomic E-state index is -3.35. The maximum absolute atomic E-state index is 14.4. The van der Waals surface area contributed by atoms with Crippen LogP contribution in [0.3, 0.4) is 0 Å². The van der Waals surface area contributed by atoms with Crippen LogP contribution in [0.4, 0.5) is 26.3 Å². The molecule has 6 nitrogen and oxygen atoms in total. The van der Waals surface area contributed by atoms with Gasteiger partial charge >= 0.3 is 0 Å². The van der Waals surface area contributed by atoms with E-state index in [0.717, 1.165) is 6.08 Å². The Morgan fingerprint density at radius 1 is 0.778 bits per heavy atom. The number of rotatable bonds is 11. The molecule has 0 saturated heterocycles. The van der Waals surface area contributed by atoms with Gasteiger partial charge in [-0.1, -0.05) is 12.2 Å². The van der Waals surface area contributed by atoms with Gasteiger partial charge in [0.25, 0.3) is 0 Å². The molecule has 12 heteroatoms. The van der Waals surface area contributed by atoms with Gasteiger partial charge in [-0.2, -0.15) is 0 Å². The van der Waals surface area contributed by atoms with Gasteiger partial charge in [0.05, 0.1) is 6.61 Å². The van der Waals surface area contributed by atoms with Gasteiger partial charge in [-0.05, 0) is 37.6 Å². The molecule has 5 atom stereocenters. The van der Waals surface area contributed by atoms with Gasteiger partial charge in [0.15, 0.2) is 23.3 Å². The zero-order chi connectivity index (χ0) is 27.4. The molecule has 2 aromatic rings. The number of benzene rings is 2. The molecule has 2 aromatic carbocycles. The van der Waals surface area contributed by atoms with E-state index in [2.05, 4.69) is 0 Å². The zero-order valence-corrected chi connectivity index (χ0v) is 19.0. The minimum absolute atomic E-state index is 0.417. The predicted molar refractivity (Wildman–Crippen MR) is 114 cm³/mol. The van der Waals surface area contributed by atoms with Gasteiger partial charge in [-0.3, -0.25) is 0 Å². The summed E-state index contributed by atoms with van der Waals surface area (Å²) in [4.78, 5) is 0. The molecule has 0 bridgehead atoms. The molecule has 0 heterocycles. The van der Waals surface area contributed by atoms with Crippen molar-refractivity contribution >= 4 is 0 Å². The lowest BCUT2D eigenvalue weighted by molar-refractivity contribution is -0.228. The van der Waals surface area contributed by atoms with E-state index in [4.69, 9.17) is 0 Å². The number of allylic oxidation sites excluding steroid dienone is 1. The van der Waals surface area contributed by atoms with E-state index in [1.807, 2.05) is 0 Å². The molecule has 36 heavy (non-hydrogen) atoms. The highest BCUT2D eigenvalue weighted by molar-refractivity contribution is 5.28. The van der Waals surface area contributed by atoms with Gasteiger partial charge in [0.1, 0.15) is 41.1 Å². The van der Waals surface area contributed by atoms with Gasteiger partial charge in [-0.15, -0.1) is 0 Å². The van der Waals surface area contributed by atoms with Crippen LogP contribution in [0.1, 0.15) is 24.5 Å². The maximum Gasteiger partial charge on any atom is 0.165 e. The van der Waals surface area contributed by atoms with Crippen molar-refractivity contribution in [3.05, 3.63) is 82.4 Å². The second-order valence-electron chi connectivity index (χ2n) is 8.46. The van der Waals surface area contributed by atoms with Gasteiger partial charge in [-0.25, -0.2) is 26.3 Å². The lowest BCUT2D eigenvalue weighted by Gasteiger charge is -2.46. The molecule has 6 N–H and O–H groups in total. The van der Waals surface area contributed by atoms with Crippen LogP contribution < -0.4 is 0 Å². The van der Waals surface area contributed by atoms with Crippen LogP contribution in [0.25, 0.3) is 0 Å². The van der Waals surface area contributed by atoms with Gasteiger partial charge < -0.3 is 30.6 Å². The summed E-state index contributed by atoms with van der Waals surface area (Å²) in [5, 5.41) is 63.3. The van der Waals surface area contributed by atoms with Crippen molar-refractivity contribution in [2.24, 2.45) is 0 Å². The molecule has 0 fully saturated rings. The van der Waals surface area contributed by atoms with Crippen LogP contribution in [-0.2, 0) is 12.8 Å². The molecular formula is C24H26F6O6. The summed E-state index contributed by atoms with van der Waals surface area (Å²) in [6, 6.07) is 1.88. The minimum Gasteiger partial charge on any atom is -0.394 e. The molecule has 0 saturated carbocycles. The van der Waals surface area contributed by atoms with E-state index in [0.29, 0.717) is 24.3 Å². The van der Waals surface area contributed by atoms with Crippen molar-refractivity contribution in [2.45, 2.75) is 55.7 Å². The molecule has 1 unspecified atom stereocenters. The second kappa shape index (κ2) is 11.7. The fourth-order valence-electron chi connectivity index (χ4n) is 3.92. The highest BCUT2D eigenvalue weighted by Gasteiger charge is 2.55. The molecule has 0 aliphatic rings. The number of halogens is 6. The zero-order valence-electron chi connectivity index (χ0n) is 19.0. The molecule has 0 aromatic heterocycles. The summed E-state index contributed by atoms with van der Waals surface area (Å²) in [6.45, 7) is 0.203. The predicted octanol–water partition coefficient (Wildman–Crippen LogP) is 1.81. The Hall–Kier alpha value is -2.48. The Balaban J connectivity index is 2.71. The summed E-state index contributed by atoms with van der Waals surface area (Å²) in [6.07, 6.45) is -8.62. The van der Waals surface area contributed by atoms with E-state index in [-0.39, 0.29) is 0 Å². The maximum atomic E-state index is 14.4. The lowest BCUT2D eigenvalue weighted by atomic mass is 9.71. The van der Waals surface area contributed by atoms with Crippen LogP contribution in [0.2, 0.25) is 0 Å². The fourth-order valence-corrected chi connectivity index (χ4v) is 3.92. The number of hydrogen-bond donors (Lipinski definition) is 6. The molecular weight excluding hydrogens is 498 g/mol. The van der Waals surface area contributed by atoms with Crippen LogP contribution in [0.5, 0.6) is 0 Å². The first-order valence-electron chi connectivity index (χ1n) is 10.7. The third-order valence-corrected chi connectivity index (χ3v) is 5.97. The average molecular weight is 524 g/mol. The summed E-state index contributed by atoms with van der Waals surface area (Å²) >= 11 is 0. The topological polar surface area (TPSA) is 121 Å². The first-order valence-corrected chi connectivity index (χ1v) is 10.7. The van der Waals surface area contributed by atoms with E-state index in [1.165, 1.54) is 13.0 Å². The standard InChI is InChI=1S/C24H26F6O6/c1-2-3-8-23(35,9-12-14(25)4-6-16(27)19(12)29)22(34)24(36,21(33)18(32)11-31)10-13-15(26)5-7-17(28)20(13)30/h2-7,18,21-22,31-36H,8-11H2,1H3/b3-2+/t18-,21+,22+,23?,24+/m0/s1. The van der Waals surface area contributed by atoms with Crippen LogP contribution in [-0.4, -0.2) is 66.8 Å². The highest BCUT2D eigenvalue weighted by atomic mass is 19.2. The highest BCUT2D eigenvalue weighted by Crippen LogP contribution is 2.37. The molecule has 200 valence electrons. The molecule has 0 radical (unpaired) electrons. The van der Waals surface area contributed by atoms with Crippen molar-refractivity contribution in [1.29, 1.82) is 0 Å². The number of aliphatic hydroxyl groups excluding tert-OH is 4. The Morgan fingerprint density at radius 3 is 1.67 bits per heavy atom. The third-order valence-electron chi connectivity index (χ3n) is 5.97. The fraction of sp³-hybridized carbons (Fsp3) is 0.417. The van der Waals surface area contributed by atoms with Crippen molar-refractivity contribution in [3.8, 4) is 0 Å². The summed E-state index contributed by atoms with van der Waals surface area (Å²) in [7, 11) is 0. The van der Waals surface area contributed by atoms with Crippen molar-refractivity contribution in [3.63, 3.8) is 0 Å². The molecule has 0 aliphatic heterocycles. The molecule has 0 aliphatic carbocycles. The Kier molecular flexibility index (Phi) is 9.68. The Labute approximate surface area is 202 Å². The monoisotopic (exact) mass is 524 g/mol. The first-order chi connectivity index (χ1) is 16.7. The SMILES string of the molecule is C/C=C/CC(O)(Cc1c(F)ccc(F)c1F)[C@@H](O)[C@@](O)(Cc1c(F)ccc(F)c1F)[C@H](O)[C@@H](O)CO. The third kappa shape index (κ3) is 5.90. The molecule has 2 rings (SSSR count). The quantitative estimate of drug-likeness (QED) is 0.152. The largest absolute Gasteiger partial charge is 0.394 e. The van der Waals surface area contributed by atoms with Gasteiger partial charge in [0, 0.05) is 24.0 Å². The van der Waals surface area contributed by atoms with Crippen molar-refractivity contribution in [1.82, 2.24) is 0 Å².